The molecule has 0 aliphatic heterocycles. The van der Waals surface area contributed by atoms with E-state index >= 15 is 0 Å². The van der Waals surface area contributed by atoms with Crippen LogP contribution in [0.2, 0.25) is 0 Å². The van der Waals surface area contributed by atoms with Gasteiger partial charge in [0.15, 0.2) is 0 Å². The van der Waals surface area contributed by atoms with Gasteiger partial charge in [0.05, 0.1) is 23.8 Å². The number of rotatable bonds is 4. The molecule has 4 rings (SSSR count). The van der Waals surface area contributed by atoms with Crippen LogP contribution in [0.3, 0.4) is 0 Å². The summed E-state index contributed by atoms with van der Waals surface area (Å²) in [5.41, 5.74) is 1.96. The van der Waals surface area contributed by atoms with Crippen molar-refractivity contribution >= 4 is 38.9 Å². The number of carboxylic acid groups (broad SMARTS) is 1. The average Bonchev–Trinajstić information content (AvgIpc) is 3.25. The lowest BCUT2D eigenvalue weighted by molar-refractivity contribution is 0.0697. The first-order valence-electron chi connectivity index (χ1n) is 7.89. The number of fused-ring (bicyclic) bond motifs is 1. The average molecular weight is 382 g/mol. The number of benzene rings is 1. The van der Waals surface area contributed by atoms with E-state index in [9.17, 15) is 9.59 Å². The van der Waals surface area contributed by atoms with Crippen LogP contribution in [-0.2, 0) is 6.54 Å². The summed E-state index contributed by atoms with van der Waals surface area (Å²) in [6.45, 7) is 2.36. The van der Waals surface area contributed by atoms with E-state index < -0.39 is 5.97 Å². The fourth-order valence-electron chi connectivity index (χ4n) is 2.92. The third kappa shape index (κ3) is 2.85. The first kappa shape index (κ1) is 16.7. The molecule has 0 bridgehead atoms. The highest BCUT2D eigenvalue weighted by atomic mass is 32.1. The Kier molecular flexibility index (Phi) is 4.18. The Morgan fingerprint density at radius 1 is 1.23 bits per heavy atom. The zero-order chi connectivity index (χ0) is 18.3. The van der Waals surface area contributed by atoms with E-state index in [1.54, 1.807) is 46.5 Å². The number of aromatic nitrogens is 2. The molecule has 0 radical (unpaired) electrons. The molecule has 3 aromatic heterocycles. The number of carboxylic acids is 1. The van der Waals surface area contributed by atoms with E-state index in [1.165, 1.54) is 11.3 Å². The van der Waals surface area contributed by atoms with Gasteiger partial charge in [-0.15, -0.1) is 22.7 Å². The van der Waals surface area contributed by atoms with E-state index in [1.807, 2.05) is 24.4 Å². The predicted molar refractivity (Wildman–Crippen MR) is 104 cm³/mol. The topological polar surface area (TPSA) is 72.2 Å². The quantitative estimate of drug-likeness (QED) is 0.573. The molecule has 7 heteroatoms. The Bertz CT molecular complexity index is 1160. The van der Waals surface area contributed by atoms with Gasteiger partial charge in [-0.1, -0.05) is 18.2 Å². The summed E-state index contributed by atoms with van der Waals surface area (Å²) < 4.78 is 1.57. The van der Waals surface area contributed by atoms with Crippen molar-refractivity contribution in [3.63, 3.8) is 0 Å². The number of aromatic carboxylic acids is 1. The number of carbonyl (C=O) groups is 1. The van der Waals surface area contributed by atoms with Gasteiger partial charge in [-0.05, 0) is 36.1 Å². The summed E-state index contributed by atoms with van der Waals surface area (Å²) in [5, 5.41) is 11.6. The van der Waals surface area contributed by atoms with Crippen LogP contribution in [0.4, 0.5) is 0 Å². The summed E-state index contributed by atoms with van der Waals surface area (Å²) in [7, 11) is 0. The van der Waals surface area contributed by atoms with Crippen LogP contribution in [0.5, 0.6) is 0 Å². The van der Waals surface area contributed by atoms with E-state index in [0.29, 0.717) is 11.9 Å². The molecule has 4 aromatic rings. The van der Waals surface area contributed by atoms with Crippen molar-refractivity contribution in [2.45, 2.75) is 13.5 Å². The fourth-order valence-corrected chi connectivity index (χ4v) is 4.81. The van der Waals surface area contributed by atoms with E-state index in [2.05, 4.69) is 4.98 Å². The van der Waals surface area contributed by atoms with Crippen LogP contribution in [0.1, 0.15) is 20.8 Å². The van der Waals surface area contributed by atoms with Gasteiger partial charge in [0.2, 0.25) is 0 Å². The van der Waals surface area contributed by atoms with Crippen LogP contribution in [-0.4, -0.2) is 20.6 Å². The summed E-state index contributed by atoms with van der Waals surface area (Å²) in [6, 6.07) is 10.5. The van der Waals surface area contributed by atoms with Gasteiger partial charge in [0, 0.05) is 15.3 Å². The molecule has 0 saturated carbocycles. The Morgan fingerprint density at radius 2 is 2.00 bits per heavy atom. The maximum absolute atomic E-state index is 13.1. The second kappa shape index (κ2) is 6.51. The maximum Gasteiger partial charge on any atom is 0.335 e. The molecule has 0 aliphatic carbocycles. The van der Waals surface area contributed by atoms with Crippen LogP contribution in [0.15, 0.2) is 52.9 Å². The third-order valence-corrected chi connectivity index (χ3v) is 6.08. The lowest BCUT2D eigenvalue weighted by Crippen LogP contribution is -2.21. The first-order chi connectivity index (χ1) is 12.5. The molecular formula is C19H14N2O3S2. The lowest BCUT2D eigenvalue weighted by Gasteiger charge is -2.06. The zero-order valence-electron chi connectivity index (χ0n) is 13.8. The minimum absolute atomic E-state index is 0.0786. The molecule has 1 N–H and O–H groups in total. The monoisotopic (exact) mass is 382 g/mol. The molecule has 0 fully saturated rings. The van der Waals surface area contributed by atoms with Crippen molar-refractivity contribution in [2.24, 2.45) is 0 Å². The molecule has 26 heavy (non-hydrogen) atoms. The normalized spacial score (nSPS) is 11.1. The van der Waals surface area contributed by atoms with Gasteiger partial charge < -0.3 is 5.11 Å². The van der Waals surface area contributed by atoms with E-state index in [-0.39, 0.29) is 11.1 Å². The minimum Gasteiger partial charge on any atom is -0.478 e. The lowest BCUT2D eigenvalue weighted by atomic mass is 10.1. The SMILES string of the molecule is Cc1sc2ncn(Cc3ccc(C(=O)O)cc3)c(=O)c2c1-c1cccs1. The van der Waals surface area contributed by atoms with Crippen LogP contribution < -0.4 is 5.56 Å². The molecule has 130 valence electrons. The minimum atomic E-state index is -0.967. The maximum atomic E-state index is 13.1. The molecule has 0 saturated heterocycles. The van der Waals surface area contributed by atoms with E-state index in [4.69, 9.17) is 5.11 Å². The Hall–Kier alpha value is -2.77. The van der Waals surface area contributed by atoms with Crippen molar-refractivity contribution in [3.8, 4) is 10.4 Å². The molecule has 0 amide bonds. The van der Waals surface area contributed by atoms with Gasteiger partial charge in [-0.2, -0.15) is 0 Å². The summed E-state index contributed by atoms with van der Waals surface area (Å²) in [4.78, 5) is 31.4. The Balaban J connectivity index is 1.79. The van der Waals surface area contributed by atoms with Crippen LogP contribution in [0.25, 0.3) is 20.7 Å². The number of hydrogen-bond acceptors (Lipinski definition) is 5. The number of aryl methyl sites for hydroxylation is 1. The fraction of sp³-hybridized carbons (Fsp3) is 0.105. The molecular weight excluding hydrogens is 368 g/mol. The van der Waals surface area contributed by atoms with Gasteiger partial charge in [-0.25, -0.2) is 9.78 Å². The van der Waals surface area contributed by atoms with Gasteiger partial charge in [-0.3, -0.25) is 9.36 Å². The standard InChI is InChI=1S/C19H14N2O3S2/c1-11-15(14-3-2-8-25-14)16-17(26-11)20-10-21(18(16)22)9-12-4-6-13(7-5-12)19(23)24/h2-8,10H,9H2,1H3,(H,23,24). The smallest absolute Gasteiger partial charge is 0.335 e. The molecule has 3 heterocycles. The molecule has 1 aromatic carbocycles. The number of hydrogen-bond donors (Lipinski definition) is 1. The molecule has 0 unspecified atom stereocenters. The summed E-state index contributed by atoms with van der Waals surface area (Å²) in [5.74, 6) is -0.967. The molecule has 0 spiro atoms. The van der Waals surface area contributed by atoms with Crippen LogP contribution in [0, 0.1) is 6.92 Å². The zero-order valence-corrected chi connectivity index (χ0v) is 15.4. The molecule has 5 nitrogen and oxygen atoms in total. The van der Waals surface area contributed by atoms with Crippen molar-refractivity contribution in [3.05, 3.63) is 74.5 Å². The van der Waals surface area contributed by atoms with Crippen molar-refractivity contribution in [1.29, 1.82) is 0 Å². The van der Waals surface area contributed by atoms with Crippen LogP contribution >= 0.6 is 22.7 Å². The highest BCUT2D eigenvalue weighted by Crippen LogP contribution is 2.37. The Morgan fingerprint density at radius 3 is 2.65 bits per heavy atom. The second-order valence-electron chi connectivity index (χ2n) is 5.87. The third-order valence-electron chi connectivity index (χ3n) is 4.18. The molecule has 0 aliphatic rings. The largest absolute Gasteiger partial charge is 0.478 e. The number of thiophene rings is 2. The van der Waals surface area contributed by atoms with E-state index in [0.717, 1.165) is 25.7 Å². The van der Waals surface area contributed by atoms with Gasteiger partial charge in [0.25, 0.3) is 5.56 Å². The highest BCUT2D eigenvalue weighted by Gasteiger charge is 2.17. The number of nitrogens with zero attached hydrogens (tertiary/aromatic N) is 2. The predicted octanol–water partition coefficient (Wildman–Crippen LogP) is 4.24. The summed E-state index contributed by atoms with van der Waals surface area (Å²) in [6.07, 6.45) is 1.56. The highest BCUT2D eigenvalue weighted by molar-refractivity contribution is 7.20. The van der Waals surface area contributed by atoms with Gasteiger partial charge in [0.1, 0.15) is 4.83 Å². The van der Waals surface area contributed by atoms with Gasteiger partial charge >= 0.3 is 5.97 Å². The first-order valence-corrected chi connectivity index (χ1v) is 9.59. The van der Waals surface area contributed by atoms with Crippen molar-refractivity contribution < 1.29 is 9.90 Å². The summed E-state index contributed by atoms with van der Waals surface area (Å²) >= 11 is 3.14. The molecule has 0 atom stereocenters. The van der Waals surface area contributed by atoms with Crippen molar-refractivity contribution in [2.75, 3.05) is 0 Å². The van der Waals surface area contributed by atoms with Crippen molar-refractivity contribution in [1.82, 2.24) is 9.55 Å². The Labute approximate surface area is 156 Å². The second-order valence-corrected chi connectivity index (χ2v) is 8.02.